The smallest absolute Gasteiger partial charge is 0.0900 e. The minimum Gasteiger partial charge on any atom is -0.245 e. The molecule has 0 aromatic carbocycles. The van der Waals surface area contributed by atoms with Gasteiger partial charge in [0.1, 0.15) is 0 Å². The van der Waals surface area contributed by atoms with Gasteiger partial charge in [0.15, 0.2) is 0 Å². The van der Waals surface area contributed by atoms with Crippen molar-refractivity contribution < 1.29 is 0 Å². The number of halogens is 1. The maximum Gasteiger partial charge on any atom is 0.0900 e. The fraction of sp³-hybridized carbons (Fsp3) is 0.571. The van der Waals surface area contributed by atoms with Gasteiger partial charge < -0.3 is 0 Å². The van der Waals surface area contributed by atoms with Crippen molar-refractivity contribution in [3.63, 3.8) is 0 Å². The highest BCUT2D eigenvalue weighted by atomic mass is 127. The van der Waals surface area contributed by atoms with Crippen LogP contribution in [0.25, 0.3) is 0 Å². The van der Waals surface area contributed by atoms with Gasteiger partial charge in [-0.2, -0.15) is 0 Å². The molecule has 0 aliphatic rings. The van der Waals surface area contributed by atoms with Gasteiger partial charge >= 0.3 is 0 Å². The Balaban J connectivity index is 3.03. The van der Waals surface area contributed by atoms with E-state index >= 15 is 0 Å². The number of hydrogen-bond acceptors (Lipinski definition) is 2. The molecule has 1 rings (SSSR count). The lowest BCUT2D eigenvalue weighted by atomic mass is 10.3. The maximum absolute atomic E-state index is 4.42. The number of nitrogens with zero attached hydrogens (tertiary/aromatic N) is 1. The first-order valence-electron chi connectivity index (χ1n) is 3.19. The molecule has 1 aromatic rings. The molecule has 1 nitrogen and oxygen atoms in total. The molecule has 1 aromatic heterocycles. The van der Waals surface area contributed by atoms with Crippen molar-refractivity contribution in [3.05, 3.63) is 15.6 Å². The van der Waals surface area contributed by atoms with Crippen LogP contribution >= 0.6 is 33.9 Å². The Bertz CT molecular complexity index is 230. The Hall–Kier alpha value is 0.360. The molecule has 0 saturated heterocycles. The zero-order valence-corrected chi connectivity index (χ0v) is 9.28. The van der Waals surface area contributed by atoms with E-state index in [0.29, 0.717) is 3.92 Å². The third-order valence-electron chi connectivity index (χ3n) is 1.32. The van der Waals surface area contributed by atoms with E-state index in [1.165, 1.54) is 15.6 Å². The quantitative estimate of drug-likeness (QED) is 0.562. The molecule has 0 fully saturated rings. The fourth-order valence-corrected chi connectivity index (χ4v) is 2.65. The Morgan fingerprint density at radius 2 is 2.10 bits per heavy atom. The summed E-state index contributed by atoms with van der Waals surface area (Å²) in [5.41, 5.74) is 1.25. The summed E-state index contributed by atoms with van der Waals surface area (Å²) in [6, 6.07) is 0. The second-order valence-electron chi connectivity index (χ2n) is 2.29. The third-order valence-corrected chi connectivity index (χ3v) is 2.81. The van der Waals surface area contributed by atoms with Crippen molar-refractivity contribution in [2.45, 2.75) is 24.7 Å². The van der Waals surface area contributed by atoms with Gasteiger partial charge in [-0.05, 0) is 20.8 Å². The van der Waals surface area contributed by atoms with E-state index in [1.807, 2.05) is 0 Å². The van der Waals surface area contributed by atoms with Gasteiger partial charge in [-0.15, -0.1) is 11.3 Å². The molecule has 1 heterocycles. The van der Waals surface area contributed by atoms with Gasteiger partial charge in [0.05, 0.1) is 14.6 Å². The number of rotatable bonds is 1. The fourth-order valence-electron chi connectivity index (χ4n) is 0.914. The van der Waals surface area contributed by atoms with Crippen LogP contribution in [-0.2, 0) is 0 Å². The molecule has 0 aliphatic heterocycles. The predicted octanol–water partition coefficient (Wildman–Crippen LogP) is 3.26. The monoisotopic (exact) mass is 267 g/mol. The van der Waals surface area contributed by atoms with Crippen molar-refractivity contribution in [1.29, 1.82) is 0 Å². The highest BCUT2D eigenvalue weighted by Gasteiger charge is 2.08. The first-order chi connectivity index (χ1) is 4.61. The largest absolute Gasteiger partial charge is 0.245 e. The third kappa shape index (κ3) is 1.69. The van der Waals surface area contributed by atoms with Crippen molar-refractivity contribution >= 4 is 33.9 Å². The standard InChI is InChI=1S/C7H10INS/c1-4(8)7-5(2)10-6(3)9-7/h4H,1-3H3. The second-order valence-corrected chi connectivity index (χ2v) is 5.57. The Labute approximate surface area is 79.0 Å². The highest BCUT2D eigenvalue weighted by molar-refractivity contribution is 14.1. The van der Waals surface area contributed by atoms with Gasteiger partial charge in [-0.3, -0.25) is 0 Å². The van der Waals surface area contributed by atoms with Gasteiger partial charge in [0.25, 0.3) is 0 Å². The molecule has 1 unspecified atom stereocenters. The van der Waals surface area contributed by atoms with E-state index in [4.69, 9.17) is 0 Å². The van der Waals surface area contributed by atoms with Gasteiger partial charge in [-0.1, -0.05) is 22.6 Å². The molecule has 1 atom stereocenters. The van der Waals surface area contributed by atoms with E-state index in [2.05, 4.69) is 48.3 Å². The van der Waals surface area contributed by atoms with E-state index in [-0.39, 0.29) is 0 Å². The van der Waals surface area contributed by atoms with E-state index in [0.717, 1.165) is 0 Å². The molecule has 3 heteroatoms. The molecule has 0 spiro atoms. The first kappa shape index (κ1) is 8.46. The molecular formula is C7H10INS. The molecule has 0 amide bonds. The predicted molar refractivity (Wildman–Crippen MR) is 54.0 cm³/mol. The average molecular weight is 267 g/mol. The van der Waals surface area contributed by atoms with Crippen molar-refractivity contribution in [3.8, 4) is 0 Å². The van der Waals surface area contributed by atoms with Crippen LogP contribution in [0.15, 0.2) is 0 Å². The Kier molecular flexibility index (Phi) is 2.68. The van der Waals surface area contributed by atoms with Gasteiger partial charge in [0, 0.05) is 4.88 Å². The van der Waals surface area contributed by atoms with Crippen LogP contribution in [-0.4, -0.2) is 4.98 Å². The molecule has 0 saturated carbocycles. The summed E-state index contributed by atoms with van der Waals surface area (Å²) in [7, 11) is 0. The van der Waals surface area contributed by atoms with Crippen LogP contribution in [0.4, 0.5) is 0 Å². The van der Waals surface area contributed by atoms with Crippen LogP contribution < -0.4 is 0 Å². The van der Waals surface area contributed by atoms with Crippen LogP contribution in [0.3, 0.4) is 0 Å². The molecule has 0 N–H and O–H groups in total. The zero-order valence-electron chi connectivity index (χ0n) is 6.31. The maximum atomic E-state index is 4.42. The Morgan fingerprint density at radius 1 is 1.50 bits per heavy atom. The summed E-state index contributed by atoms with van der Waals surface area (Å²) < 4.78 is 0.544. The number of alkyl halides is 1. The lowest BCUT2D eigenvalue weighted by Crippen LogP contribution is -1.85. The number of thiazole rings is 1. The van der Waals surface area contributed by atoms with Crippen molar-refractivity contribution in [1.82, 2.24) is 4.98 Å². The molecule has 0 radical (unpaired) electrons. The number of hydrogen-bond donors (Lipinski definition) is 0. The number of aromatic nitrogens is 1. The van der Waals surface area contributed by atoms with Crippen LogP contribution in [0.2, 0.25) is 0 Å². The summed E-state index contributed by atoms with van der Waals surface area (Å²) >= 11 is 4.17. The normalized spacial score (nSPS) is 13.6. The zero-order chi connectivity index (χ0) is 7.72. The lowest BCUT2D eigenvalue weighted by molar-refractivity contribution is 1.03. The topological polar surface area (TPSA) is 12.9 Å². The van der Waals surface area contributed by atoms with Crippen molar-refractivity contribution in [2.24, 2.45) is 0 Å². The van der Waals surface area contributed by atoms with Crippen LogP contribution in [0, 0.1) is 13.8 Å². The molecule has 0 aliphatic carbocycles. The van der Waals surface area contributed by atoms with Gasteiger partial charge in [0.2, 0.25) is 0 Å². The molecule has 0 bridgehead atoms. The highest BCUT2D eigenvalue weighted by Crippen LogP contribution is 2.27. The number of aryl methyl sites for hydroxylation is 2. The minimum absolute atomic E-state index is 0.544. The summed E-state index contributed by atoms with van der Waals surface area (Å²) in [6.45, 7) is 6.36. The van der Waals surface area contributed by atoms with Gasteiger partial charge in [-0.25, -0.2) is 4.98 Å². The first-order valence-corrected chi connectivity index (χ1v) is 5.25. The average Bonchev–Trinajstić information content (AvgIpc) is 2.10. The van der Waals surface area contributed by atoms with Crippen LogP contribution in [0.5, 0.6) is 0 Å². The summed E-state index contributed by atoms with van der Waals surface area (Å²) in [6.07, 6.45) is 0. The summed E-state index contributed by atoms with van der Waals surface area (Å²) in [4.78, 5) is 5.78. The lowest BCUT2D eigenvalue weighted by Gasteiger charge is -1.97. The summed E-state index contributed by atoms with van der Waals surface area (Å²) in [5, 5.41) is 1.18. The molecule has 10 heavy (non-hydrogen) atoms. The van der Waals surface area contributed by atoms with Crippen LogP contribution in [0.1, 0.15) is 26.4 Å². The van der Waals surface area contributed by atoms with Crippen molar-refractivity contribution in [2.75, 3.05) is 0 Å². The SMILES string of the molecule is Cc1nc(C(C)I)c(C)s1. The summed E-state index contributed by atoms with van der Waals surface area (Å²) in [5.74, 6) is 0. The molecule has 56 valence electrons. The van der Waals surface area contributed by atoms with E-state index < -0.39 is 0 Å². The minimum atomic E-state index is 0.544. The Morgan fingerprint density at radius 3 is 2.30 bits per heavy atom. The van der Waals surface area contributed by atoms with E-state index in [9.17, 15) is 0 Å². The molecular weight excluding hydrogens is 257 g/mol. The second kappa shape index (κ2) is 3.17. The van der Waals surface area contributed by atoms with E-state index in [1.54, 1.807) is 11.3 Å².